The smallest absolute Gasteiger partial charge is 0.310 e. The molecule has 0 unspecified atom stereocenters. The van der Waals surface area contributed by atoms with E-state index in [-0.39, 0.29) is 23.3 Å². The summed E-state index contributed by atoms with van der Waals surface area (Å²) in [5.74, 6) is -0.0200. The number of hydrogen-bond donors (Lipinski definition) is 0. The maximum absolute atomic E-state index is 12.2. The van der Waals surface area contributed by atoms with Crippen LogP contribution in [0.3, 0.4) is 0 Å². The maximum Gasteiger partial charge on any atom is 0.310 e. The monoisotopic (exact) mass is 276 g/mol. The molecule has 0 amide bonds. The fourth-order valence-electron chi connectivity index (χ4n) is 2.77. The minimum absolute atomic E-state index is 0.0572. The average molecular weight is 276 g/mol. The Labute approximate surface area is 121 Å². The molecule has 1 aliphatic heterocycles. The quantitative estimate of drug-likeness (QED) is 0.795. The molecule has 2 heterocycles. The second-order valence-electron chi connectivity index (χ2n) is 6.33. The van der Waals surface area contributed by atoms with Crippen LogP contribution in [0.4, 0.5) is 0 Å². The number of carbonyl (C=O) groups is 1. The molecule has 4 heteroatoms. The number of rotatable bonds is 3. The van der Waals surface area contributed by atoms with Crippen molar-refractivity contribution in [2.75, 3.05) is 19.7 Å². The SMILES string of the molecule is CCOC(=O)[C@@H]1CN(C(C)(C)C)C[C@H]1c1cccnc1. The van der Waals surface area contributed by atoms with Gasteiger partial charge in [0.15, 0.2) is 0 Å². The predicted molar refractivity (Wildman–Crippen MR) is 78.4 cm³/mol. The highest BCUT2D eigenvalue weighted by molar-refractivity contribution is 5.74. The van der Waals surface area contributed by atoms with Crippen LogP contribution in [0, 0.1) is 5.92 Å². The van der Waals surface area contributed by atoms with Gasteiger partial charge in [0, 0.05) is 36.9 Å². The molecule has 1 saturated heterocycles. The molecule has 110 valence electrons. The van der Waals surface area contributed by atoms with Gasteiger partial charge in [-0.05, 0) is 39.3 Å². The number of likely N-dealkylation sites (tertiary alicyclic amines) is 1. The lowest BCUT2D eigenvalue weighted by molar-refractivity contribution is -0.148. The van der Waals surface area contributed by atoms with Crippen molar-refractivity contribution in [2.24, 2.45) is 5.92 Å². The van der Waals surface area contributed by atoms with E-state index in [1.54, 1.807) is 6.20 Å². The predicted octanol–water partition coefficient (Wildman–Crippen LogP) is 2.46. The summed E-state index contributed by atoms with van der Waals surface area (Å²) in [5.41, 5.74) is 1.18. The van der Waals surface area contributed by atoms with Gasteiger partial charge in [-0.3, -0.25) is 14.7 Å². The Balaban J connectivity index is 2.24. The Morgan fingerprint density at radius 1 is 1.45 bits per heavy atom. The lowest BCUT2D eigenvalue weighted by Gasteiger charge is -2.31. The Kier molecular flexibility index (Phi) is 4.43. The van der Waals surface area contributed by atoms with Crippen molar-refractivity contribution < 1.29 is 9.53 Å². The van der Waals surface area contributed by atoms with E-state index in [4.69, 9.17) is 4.74 Å². The zero-order valence-electron chi connectivity index (χ0n) is 12.8. The van der Waals surface area contributed by atoms with E-state index in [1.807, 2.05) is 19.2 Å². The molecule has 1 fully saturated rings. The Morgan fingerprint density at radius 3 is 2.75 bits per heavy atom. The van der Waals surface area contributed by atoms with Crippen LogP contribution in [-0.2, 0) is 9.53 Å². The molecule has 0 saturated carbocycles. The second kappa shape index (κ2) is 5.92. The highest BCUT2D eigenvalue weighted by Crippen LogP contribution is 2.36. The summed E-state index contributed by atoms with van der Waals surface area (Å²) in [5, 5.41) is 0. The van der Waals surface area contributed by atoms with Crippen molar-refractivity contribution >= 4 is 5.97 Å². The molecule has 0 bridgehead atoms. The van der Waals surface area contributed by atoms with Crippen molar-refractivity contribution in [1.29, 1.82) is 0 Å². The van der Waals surface area contributed by atoms with Crippen LogP contribution in [0.5, 0.6) is 0 Å². The summed E-state index contributed by atoms with van der Waals surface area (Å²) in [6.07, 6.45) is 3.63. The molecule has 0 aromatic carbocycles. The third kappa shape index (κ3) is 3.18. The first-order valence-corrected chi connectivity index (χ1v) is 7.25. The zero-order chi connectivity index (χ0) is 14.8. The number of hydrogen-bond acceptors (Lipinski definition) is 4. The van der Waals surface area contributed by atoms with Gasteiger partial charge in [0.05, 0.1) is 12.5 Å². The Morgan fingerprint density at radius 2 is 2.20 bits per heavy atom. The van der Waals surface area contributed by atoms with Crippen LogP contribution in [0.15, 0.2) is 24.5 Å². The minimum Gasteiger partial charge on any atom is -0.466 e. The average Bonchev–Trinajstić information content (AvgIpc) is 2.85. The number of ether oxygens (including phenoxy) is 1. The van der Waals surface area contributed by atoms with Gasteiger partial charge in [0.1, 0.15) is 0 Å². The fraction of sp³-hybridized carbons (Fsp3) is 0.625. The molecule has 1 aromatic heterocycles. The lowest BCUT2D eigenvalue weighted by atomic mass is 9.90. The van der Waals surface area contributed by atoms with Crippen molar-refractivity contribution in [2.45, 2.75) is 39.2 Å². The van der Waals surface area contributed by atoms with Crippen LogP contribution in [0.2, 0.25) is 0 Å². The summed E-state index contributed by atoms with van der Waals surface area (Å²) in [4.78, 5) is 18.8. The van der Waals surface area contributed by atoms with Gasteiger partial charge >= 0.3 is 5.97 Å². The van der Waals surface area contributed by atoms with E-state index >= 15 is 0 Å². The van der Waals surface area contributed by atoms with E-state index in [0.29, 0.717) is 6.61 Å². The highest BCUT2D eigenvalue weighted by Gasteiger charge is 2.42. The van der Waals surface area contributed by atoms with Gasteiger partial charge in [-0.2, -0.15) is 0 Å². The van der Waals surface area contributed by atoms with Crippen molar-refractivity contribution in [3.8, 4) is 0 Å². The molecule has 2 rings (SSSR count). The number of pyridine rings is 1. The molecule has 20 heavy (non-hydrogen) atoms. The maximum atomic E-state index is 12.2. The number of nitrogens with zero attached hydrogens (tertiary/aromatic N) is 2. The Hall–Kier alpha value is -1.42. The van der Waals surface area contributed by atoms with E-state index in [9.17, 15) is 4.79 Å². The fourth-order valence-corrected chi connectivity index (χ4v) is 2.77. The largest absolute Gasteiger partial charge is 0.466 e. The summed E-state index contributed by atoms with van der Waals surface area (Å²) in [6, 6.07) is 3.98. The summed E-state index contributed by atoms with van der Waals surface area (Å²) in [6.45, 7) is 10.5. The van der Waals surface area contributed by atoms with E-state index in [0.717, 1.165) is 18.7 Å². The standard InChI is InChI=1S/C16H24N2O2/c1-5-20-15(19)14-11-18(16(2,3)4)10-13(14)12-7-6-8-17-9-12/h6-9,13-14H,5,10-11H2,1-4H3/t13-,14+/m0/s1. The highest BCUT2D eigenvalue weighted by atomic mass is 16.5. The van der Waals surface area contributed by atoms with Crippen molar-refractivity contribution in [3.63, 3.8) is 0 Å². The van der Waals surface area contributed by atoms with E-state index < -0.39 is 0 Å². The van der Waals surface area contributed by atoms with Crippen molar-refractivity contribution in [1.82, 2.24) is 9.88 Å². The first-order chi connectivity index (χ1) is 9.43. The van der Waals surface area contributed by atoms with Crippen LogP contribution in [0.1, 0.15) is 39.2 Å². The molecule has 0 N–H and O–H groups in total. The molecule has 0 spiro atoms. The van der Waals surface area contributed by atoms with E-state index in [1.165, 1.54) is 0 Å². The molecule has 0 radical (unpaired) electrons. The van der Waals surface area contributed by atoms with Gasteiger partial charge in [0.2, 0.25) is 0 Å². The van der Waals surface area contributed by atoms with E-state index in [2.05, 4.69) is 36.7 Å². The third-order valence-corrected chi connectivity index (χ3v) is 3.97. The normalized spacial score (nSPS) is 23.8. The zero-order valence-corrected chi connectivity index (χ0v) is 12.8. The van der Waals surface area contributed by atoms with Gasteiger partial charge < -0.3 is 4.74 Å². The molecule has 2 atom stereocenters. The molecular weight excluding hydrogens is 252 g/mol. The second-order valence-corrected chi connectivity index (χ2v) is 6.33. The van der Waals surface area contributed by atoms with Gasteiger partial charge in [-0.15, -0.1) is 0 Å². The van der Waals surface area contributed by atoms with Gasteiger partial charge in [-0.25, -0.2) is 0 Å². The number of carbonyl (C=O) groups excluding carboxylic acids is 1. The van der Waals surface area contributed by atoms with Crippen LogP contribution < -0.4 is 0 Å². The molecule has 1 aromatic rings. The topological polar surface area (TPSA) is 42.4 Å². The summed E-state index contributed by atoms with van der Waals surface area (Å²) in [7, 11) is 0. The van der Waals surface area contributed by atoms with Crippen LogP contribution in [-0.4, -0.2) is 41.1 Å². The Bertz CT molecular complexity index is 453. The van der Waals surface area contributed by atoms with Gasteiger partial charge in [0.25, 0.3) is 0 Å². The molecular formula is C16H24N2O2. The van der Waals surface area contributed by atoms with Crippen LogP contribution in [0.25, 0.3) is 0 Å². The number of esters is 1. The molecule has 1 aliphatic rings. The molecule has 4 nitrogen and oxygen atoms in total. The van der Waals surface area contributed by atoms with Crippen molar-refractivity contribution in [3.05, 3.63) is 30.1 Å². The summed E-state index contributed by atoms with van der Waals surface area (Å²) < 4.78 is 5.25. The minimum atomic E-state index is -0.0987. The summed E-state index contributed by atoms with van der Waals surface area (Å²) >= 11 is 0. The number of aromatic nitrogens is 1. The third-order valence-electron chi connectivity index (χ3n) is 3.97. The first kappa shape index (κ1) is 15.0. The lowest BCUT2D eigenvalue weighted by Crippen LogP contribution is -2.40. The van der Waals surface area contributed by atoms with Crippen LogP contribution >= 0.6 is 0 Å². The molecule has 0 aliphatic carbocycles. The first-order valence-electron chi connectivity index (χ1n) is 7.25. The van der Waals surface area contributed by atoms with Gasteiger partial charge in [-0.1, -0.05) is 6.07 Å².